The number of hydrogen-bond donors (Lipinski definition) is 2. The van der Waals surface area contributed by atoms with Gasteiger partial charge in [0.1, 0.15) is 0 Å². The van der Waals surface area contributed by atoms with Gasteiger partial charge < -0.3 is 20.1 Å². The van der Waals surface area contributed by atoms with E-state index < -0.39 is 0 Å². The number of nitrogens with one attached hydrogen (secondary N) is 1. The van der Waals surface area contributed by atoms with E-state index in [0.29, 0.717) is 12.0 Å². The molecule has 15 heavy (non-hydrogen) atoms. The summed E-state index contributed by atoms with van der Waals surface area (Å²) < 4.78 is 5.18. The first kappa shape index (κ1) is 11.3. The molecule has 2 aliphatic heterocycles. The average Bonchev–Trinajstić information content (AvgIpc) is 2.78. The van der Waals surface area contributed by atoms with Crippen molar-refractivity contribution in [3.05, 3.63) is 0 Å². The molecule has 0 bridgehead atoms. The average molecular weight is 214 g/mol. The van der Waals surface area contributed by atoms with Gasteiger partial charge in [-0.25, -0.2) is 0 Å². The van der Waals surface area contributed by atoms with Crippen molar-refractivity contribution >= 4 is 0 Å². The van der Waals surface area contributed by atoms with Gasteiger partial charge in [-0.05, 0) is 25.3 Å². The van der Waals surface area contributed by atoms with E-state index in [1.807, 2.05) is 0 Å². The van der Waals surface area contributed by atoms with Gasteiger partial charge in [-0.1, -0.05) is 0 Å². The number of ether oxygens (including phenoxy) is 1. The maximum absolute atomic E-state index is 9.41. The van der Waals surface area contributed by atoms with Gasteiger partial charge in [-0.2, -0.15) is 0 Å². The Hall–Kier alpha value is -0.160. The van der Waals surface area contributed by atoms with E-state index in [-0.39, 0.29) is 6.10 Å². The monoisotopic (exact) mass is 214 g/mol. The van der Waals surface area contributed by atoms with Crippen molar-refractivity contribution in [2.75, 3.05) is 39.9 Å². The van der Waals surface area contributed by atoms with Crippen LogP contribution in [0.15, 0.2) is 0 Å². The van der Waals surface area contributed by atoms with Crippen molar-refractivity contribution in [2.45, 2.75) is 25.0 Å². The molecule has 88 valence electrons. The van der Waals surface area contributed by atoms with Crippen molar-refractivity contribution in [3.8, 4) is 0 Å². The summed E-state index contributed by atoms with van der Waals surface area (Å²) in [6, 6.07) is 0.487. The highest BCUT2D eigenvalue weighted by Gasteiger charge is 2.28. The summed E-state index contributed by atoms with van der Waals surface area (Å²) in [6.45, 7) is 5.07. The summed E-state index contributed by atoms with van der Waals surface area (Å²) in [5.41, 5.74) is 0. The lowest BCUT2D eigenvalue weighted by Crippen LogP contribution is -2.36. The van der Waals surface area contributed by atoms with Crippen LogP contribution in [-0.4, -0.2) is 62.0 Å². The summed E-state index contributed by atoms with van der Waals surface area (Å²) in [4.78, 5) is 2.49. The van der Waals surface area contributed by atoms with Crippen LogP contribution in [0.4, 0.5) is 0 Å². The zero-order valence-corrected chi connectivity index (χ0v) is 9.48. The molecule has 0 aromatic rings. The SMILES string of the molecule is COCC1CCN(CC2CC(O)CN2)C1. The molecule has 2 rings (SSSR count). The highest BCUT2D eigenvalue weighted by Crippen LogP contribution is 2.18. The van der Waals surface area contributed by atoms with Crippen LogP contribution < -0.4 is 5.32 Å². The van der Waals surface area contributed by atoms with E-state index >= 15 is 0 Å². The van der Waals surface area contributed by atoms with Gasteiger partial charge in [0.25, 0.3) is 0 Å². The molecule has 0 aliphatic carbocycles. The molecule has 2 heterocycles. The summed E-state index contributed by atoms with van der Waals surface area (Å²) in [5.74, 6) is 0.710. The highest BCUT2D eigenvalue weighted by molar-refractivity contribution is 4.86. The maximum atomic E-state index is 9.41. The largest absolute Gasteiger partial charge is 0.392 e. The molecule has 0 aromatic carbocycles. The minimum absolute atomic E-state index is 0.132. The van der Waals surface area contributed by atoms with E-state index in [4.69, 9.17) is 4.74 Å². The van der Waals surface area contributed by atoms with Gasteiger partial charge in [0.15, 0.2) is 0 Å². The lowest BCUT2D eigenvalue weighted by Gasteiger charge is -2.20. The van der Waals surface area contributed by atoms with Crippen molar-refractivity contribution in [2.24, 2.45) is 5.92 Å². The minimum atomic E-state index is -0.132. The Kier molecular flexibility index (Phi) is 3.97. The Labute approximate surface area is 91.6 Å². The topological polar surface area (TPSA) is 44.7 Å². The highest BCUT2D eigenvalue weighted by atomic mass is 16.5. The van der Waals surface area contributed by atoms with Gasteiger partial charge in [0, 0.05) is 32.8 Å². The molecular weight excluding hydrogens is 192 g/mol. The first-order valence-electron chi connectivity index (χ1n) is 5.90. The van der Waals surface area contributed by atoms with Crippen LogP contribution in [0.5, 0.6) is 0 Å². The van der Waals surface area contributed by atoms with Gasteiger partial charge in [-0.3, -0.25) is 0 Å². The van der Waals surface area contributed by atoms with Crippen molar-refractivity contribution < 1.29 is 9.84 Å². The third-order valence-corrected chi connectivity index (χ3v) is 3.45. The normalized spacial score (nSPS) is 37.6. The second-order valence-electron chi connectivity index (χ2n) is 4.86. The Bertz CT molecular complexity index is 201. The number of nitrogens with zero attached hydrogens (tertiary/aromatic N) is 1. The van der Waals surface area contributed by atoms with Crippen molar-refractivity contribution in [1.29, 1.82) is 0 Å². The molecule has 0 amide bonds. The molecule has 3 unspecified atom stereocenters. The van der Waals surface area contributed by atoms with Gasteiger partial charge >= 0.3 is 0 Å². The van der Waals surface area contributed by atoms with Crippen LogP contribution in [0, 0.1) is 5.92 Å². The molecule has 2 N–H and O–H groups in total. The van der Waals surface area contributed by atoms with Crippen LogP contribution in [0.2, 0.25) is 0 Å². The fourth-order valence-electron chi connectivity index (χ4n) is 2.70. The lowest BCUT2D eigenvalue weighted by molar-refractivity contribution is 0.151. The van der Waals surface area contributed by atoms with E-state index in [1.54, 1.807) is 7.11 Å². The molecule has 0 radical (unpaired) electrons. The zero-order chi connectivity index (χ0) is 10.7. The number of aliphatic hydroxyl groups excluding tert-OH is 1. The number of likely N-dealkylation sites (tertiary alicyclic amines) is 1. The summed E-state index contributed by atoms with van der Waals surface area (Å²) >= 11 is 0. The number of β-amino-alcohol motifs (C(OH)–C–C–N with tert-alkyl or cyclic N) is 1. The van der Waals surface area contributed by atoms with Crippen molar-refractivity contribution in [1.82, 2.24) is 10.2 Å². The molecule has 4 nitrogen and oxygen atoms in total. The predicted octanol–water partition coefficient (Wildman–Crippen LogP) is -0.322. The molecule has 2 fully saturated rings. The molecular formula is C11H22N2O2. The molecule has 0 saturated carbocycles. The zero-order valence-electron chi connectivity index (χ0n) is 9.48. The number of rotatable bonds is 4. The first-order chi connectivity index (χ1) is 7.28. The molecule has 2 aliphatic rings. The van der Waals surface area contributed by atoms with E-state index in [1.165, 1.54) is 13.0 Å². The maximum Gasteiger partial charge on any atom is 0.0680 e. The van der Waals surface area contributed by atoms with Crippen LogP contribution in [0.1, 0.15) is 12.8 Å². The third kappa shape index (κ3) is 3.14. The fourth-order valence-corrected chi connectivity index (χ4v) is 2.70. The molecule has 0 aromatic heterocycles. The number of hydrogen-bond acceptors (Lipinski definition) is 4. The smallest absolute Gasteiger partial charge is 0.0680 e. The van der Waals surface area contributed by atoms with E-state index in [9.17, 15) is 5.11 Å². The number of methoxy groups -OCH3 is 1. The van der Waals surface area contributed by atoms with E-state index in [0.717, 1.165) is 32.7 Å². The van der Waals surface area contributed by atoms with Gasteiger partial charge in [-0.15, -0.1) is 0 Å². The van der Waals surface area contributed by atoms with Crippen molar-refractivity contribution in [3.63, 3.8) is 0 Å². The second-order valence-corrected chi connectivity index (χ2v) is 4.86. The summed E-state index contributed by atoms with van der Waals surface area (Å²) in [7, 11) is 1.78. The minimum Gasteiger partial charge on any atom is -0.392 e. The quantitative estimate of drug-likeness (QED) is 0.673. The van der Waals surface area contributed by atoms with E-state index in [2.05, 4.69) is 10.2 Å². The Balaban J connectivity index is 1.68. The molecule has 4 heteroatoms. The molecule has 2 saturated heterocycles. The second kappa shape index (κ2) is 5.25. The Morgan fingerprint density at radius 1 is 1.53 bits per heavy atom. The van der Waals surface area contributed by atoms with Crippen LogP contribution >= 0.6 is 0 Å². The first-order valence-corrected chi connectivity index (χ1v) is 5.90. The Morgan fingerprint density at radius 2 is 2.40 bits per heavy atom. The summed E-state index contributed by atoms with van der Waals surface area (Å²) in [6.07, 6.45) is 2.03. The molecule has 3 atom stereocenters. The summed E-state index contributed by atoms with van der Waals surface area (Å²) in [5, 5.41) is 12.8. The standard InChI is InChI=1S/C11H22N2O2/c1-15-8-9-2-3-13(6-9)7-10-4-11(14)5-12-10/h9-12,14H,2-8H2,1H3. The van der Waals surface area contributed by atoms with Crippen LogP contribution in [0.3, 0.4) is 0 Å². The molecule has 0 spiro atoms. The van der Waals surface area contributed by atoms with Crippen LogP contribution in [-0.2, 0) is 4.74 Å². The van der Waals surface area contributed by atoms with Gasteiger partial charge in [0.2, 0.25) is 0 Å². The Morgan fingerprint density at radius 3 is 3.07 bits per heavy atom. The van der Waals surface area contributed by atoms with Gasteiger partial charge in [0.05, 0.1) is 12.7 Å². The van der Waals surface area contributed by atoms with Crippen LogP contribution in [0.25, 0.3) is 0 Å². The lowest BCUT2D eigenvalue weighted by atomic mass is 10.1. The number of aliphatic hydroxyl groups is 1. The third-order valence-electron chi connectivity index (χ3n) is 3.45. The fraction of sp³-hybridized carbons (Fsp3) is 1.00. The predicted molar refractivity (Wildman–Crippen MR) is 58.8 cm³/mol.